The lowest BCUT2D eigenvalue weighted by Crippen LogP contribution is -2.22. The van der Waals surface area contributed by atoms with Crippen molar-refractivity contribution in [3.05, 3.63) is 59.1 Å². The summed E-state index contributed by atoms with van der Waals surface area (Å²) in [6.45, 7) is -0.132. The summed E-state index contributed by atoms with van der Waals surface area (Å²) in [5, 5.41) is 31.8. The van der Waals surface area contributed by atoms with Crippen LogP contribution in [0.5, 0.6) is 0 Å². The molecule has 0 saturated carbocycles. The topological polar surface area (TPSA) is 103 Å². The summed E-state index contributed by atoms with van der Waals surface area (Å²) in [5.74, 6) is -1.05. The van der Waals surface area contributed by atoms with Gasteiger partial charge in [0.1, 0.15) is 0 Å². The first kappa shape index (κ1) is 18.1. The number of aliphatic hydroxyl groups excluding tert-OH is 2. The number of pyridine rings is 1. The standard InChI is InChI=1S/C19H17ClN2O4/c20-12-4-5-17-15(7-12)16(19(25)26)8-18(22-17)11-2-1-3-13(6-11)21-9-14(24)10-23/h1-8,14,21,23-24H,9-10H2,(H,25,26). The molecule has 134 valence electrons. The van der Waals surface area contributed by atoms with Gasteiger partial charge >= 0.3 is 5.97 Å². The van der Waals surface area contributed by atoms with Crippen LogP contribution in [0.25, 0.3) is 22.2 Å². The second-order valence-electron chi connectivity index (χ2n) is 5.82. The highest BCUT2D eigenvalue weighted by atomic mass is 35.5. The largest absolute Gasteiger partial charge is 0.478 e. The van der Waals surface area contributed by atoms with Crippen molar-refractivity contribution >= 4 is 34.2 Å². The van der Waals surface area contributed by atoms with Crippen molar-refractivity contribution in [3.8, 4) is 11.3 Å². The van der Waals surface area contributed by atoms with Gasteiger partial charge in [-0.25, -0.2) is 9.78 Å². The number of nitrogens with zero attached hydrogens (tertiary/aromatic N) is 1. The van der Waals surface area contributed by atoms with Gasteiger partial charge in [-0.1, -0.05) is 23.7 Å². The SMILES string of the molecule is O=C(O)c1cc(-c2cccc(NCC(O)CO)c2)nc2ccc(Cl)cc12. The van der Waals surface area contributed by atoms with Crippen LogP contribution in [0.3, 0.4) is 0 Å². The van der Waals surface area contributed by atoms with E-state index in [0.29, 0.717) is 21.6 Å². The monoisotopic (exact) mass is 372 g/mol. The van der Waals surface area contributed by atoms with Gasteiger partial charge in [0.15, 0.2) is 0 Å². The lowest BCUT2D eigenvalue weighted by Gasteiger charge is -2.12. The molecule has 7 heteroatoms. The molecule has 0 saturated heterocycles. The number of anilines is 1. The van der Waals surface area contributed by atoms with E-state index in [-0.39, 0.29) is 18.7 Å². The van der Waals surface area contributed by atoms with Crippen molar-refractivity contribution < 1.29 is 20.1 Å². The Morgan fingerprint density at radius 2 is 2.00 bits per heavy atom. The number of carboxylic acids is 1. The van der Waals surface area contributed by atoms with Crippen LogP contribution in [0, 0.1) is 0 Å². The van der Waals surface area contributed by atoms with Crippen LogP contribution < -0.4 is 5.32 Å². The quantitative estimate of drug-likeness (QED) is 0.530. The van der Waals surface area contributed by atoms with E-state index in [9.17, 15) is 15.0 Å². The van der Waals surface area contributed by atoms with Crippen LogP contribution in [0.1, 0.15) is 10.4 Å². The zero-order chi connectivity index (χ0) is 18.7. The summed E-state index contributed by atoms with van der Waals surface area (Å²) >= 11 is 5.98. The number of carbonyl (C=O) groups is 1. The molecule has 4 N–H and O–H groups in total. The first-order chi connectivity index (χ1) is 12.5. The van der Waals surface area contributed by atoms with Crippen LogP contribution in [-0.4, -0.2) is 45.5 Å². The third-order valence-electron chi connectivity index (χ3n) is 3.91. The molecule has 26 heavy (non-hydrogen) atoms. The Hall–Kier alpha value is -2.67. The van der Waals surface area contributed by atoms with E-state index in [1.165, 1.54) is 6.07 Å². The number of aromatic nitrogens is 1. The van der Waals surface area contributed by atoms with Crippen LogP contribution in [-0.2, 0) is 0 Å². The maximum absolute atomic E-state index is 11.7. The highest BCUT2D eigenvalue weighted by molar-refractivity contribution is 6.31. The molecule has 6 nitrogen and oxygen atoms in total. The molecule has 0 spiro atoms. The summed E-state index contributed by atoms with van der Waals surface area (Å²) in [4.78, 5) is 16.2. The van der Waals surface area contributed by atoms with E-state index in [1.807, 2.05) is 12.1 Å². The summed E-state index contributed by atoms with van der Waals surface area (Å²) in [7, 11) is 0. The van der Waals surface area contributed by atoms with E-state index in [4.69, 9.17) is 16.7 Å². The van der Waals surface area contributed by atoms with Crippen LogP contribution >= 0.6 is 11.6 Å². The third-order valence-corrected chi connectivity index (χ3v) is 4.15. The van der Waals surface area contributed by atoms with Crippen molar-refractivity contribution in [3.63, 3.8) is 0 Å². The Morgan fingerprint density at radius 3 is 2.73 bits per heavy atom. The lowest BCUT2D eigenvalue weighted by molar-refractivity contribution is 0.0699. The summed E-state index contributed by atoms with van der Waals surface area (Å²) in [5.41, 5.74) is 2.64. The first-order valence-corrected chi connectivity index (χ1v) is 8.32. The molecule has 0 aliphatic rings. The van der Waals surface area contributed by atoms with E-state index in [0.717, 1.165) is 11.3 Å². The van der Waals surface area contributed by atoms with Crippen LogP contribution in [0.2, 0.25) is 5.02 Å². The zero-order valence-electron chi connectivity index (χ0n) is 13.7. The Morgan fingerprint density at radius 1 is 1.19 bits per heavy atom. The van der Waals surface area contributed by atoms with Gasteiger partial charge in [-0.05, 0) is 36.4 Å². The van der Waals surface area contributed by atoms with Gasteiger partial charge in [-0.15, -0.1) is 0 Å². The minimum absolute atomic E-state index is 0.126. The molecule has 0 aliphatic heterocycles. The molecular formula is C19H17ClN2O4. The average molecular weight is 373 g/mol. The van der Waals surface area contributed by atoms with Crippen molar-refractivity contribution in [1.82, 2.24) is 4.98 Å². The van der Waals surface area contributed by atoms with Gasteiger partial charge < -0.3 is 20.6 Å². The molecule has 1 aromatic heterocycles. The van der Waals surface area contributed by atoms with Gasteiger partial charge in [0.05, 0.1) is 29.5 Å². The molecule has 0 radical (unpaired) electrons. The number of rotatable bonds is 6. The fraction of sp³-hybridized carbons (Fsp3) is 0.158. The number of nitrogens with one attached hydrogen (secondary N) is 1. The molecule has 0 aliphatic carbocycles. The molecule has 3 rings (SSSR count). The normalized spacial score (nSPS) is 12.1. The average Bonchev–Trinajstić information content (AvgIpc) is 2.65. The number of aliphatic hydroxyl groups is 2. The number of halogens is 1. The maximum atomic E-state index is 11.7. The van der Waals surface area contributed by atoms with Gasteiger partial charge in [0.25, 0.3) is 0 Å². The Labute approximate surface area is 154 Å². The molecule has 3 aromatic rings. The molecule has 1 atom stereocenters. The van der Waals surface area contributed by atoms with Crippen molar-refractivity contribution in [2.45, 2.75) is 6.10 Å². The third kappa shape index (κ3) is 3.94. The van der Waals surface area contributed by atoms with Gasteiger partial charge in [-0.3, -0.25) is 0 Å². The zero-order valence-corrected chi connectivity index (χ0v) is 14.4. The summed E-state index contributed by atoms with van der Waals surface area (Å²) in [6.07, 6.45) is -0.860. The minimum Gasteiger partial charge on any atom is -0.478 e. The van der Waals surface area contributed by atoms with Gasteiger partial charge in [-0.2, -0.15) is 0 Å². The van der Waals surface area contributed by atoms with Crippen molar-refractivity contribution in [2.24, 2.45) is 0 Å². The second kappa shape index (κ2) is 7.70. The minimum atomic E-state index is -1.05. The molecule has 0 fully saturated rings. The van der Waals surface area contributed by atoms with E-state index in [2.05, 4.69) is 10.3 Å². The first-order valence-electron chi connectivity index (χ1n) is 7.95. The highest BCUT2D eigenvalue weighted by Crippen LogP contribution is 2.28. The molecular weight excluding hydrogens is 356 g/mol. The smallest absolute Gasteiger partial charge is 0.336 e. The second-order valence-corrected chi connectivity index (χ2v) is 6.26. The molecule has 0 bridgehead atoms. The maximum Gasteiger partial charge on any atom is 0.336 e. The van der Waals surface area contributed by atoms with Crippen LogP contribution in [0.15, 0.2) is 48.5 Å². The van der Waals surface area contributed by atoms with Crippen molar-refractivity contribution in [2.75, 3.05) is 18.5 Å². The van der Waals surface area contributed by atoms with E-state index in [1.54, 1.807) is 30.3 Å². The summed E-state index contributed by atoms with van der Waals surface area (Å²) in [6, 6.07) is 13.7. The Kier molecular flexibility index (Phi) is 5.37. The number of fused-ring (bicyclic) bond motifs is 1. The summed E-state index contributed by atoms with van der Waals surface area (Å²) < 4.78 is 0. The fourth-order valence-corrected chi connectivity index (χ4v) is 2.78. The van der Waals surface area contributed by atoms with Gasteiger partial charge in [0.2, 0.25) is 0 Å². The molecule has 1 heterocycles. The lowest BCUT2D eigenvalue weighted by atomic mass is 10.0. The van der Waals surface area contributed by atoms with Crippen LogP contribution in [0.4, 0.5) is 5.69 Å². The predicted octanol–water partition coefficient (Wildman–Crippen LogP) is 3.02. The number of carboxylic acid groups (broad SMARTS) is 1. The Bertz CT molecular complexity index is 961. The number of hydrogen-bond donors (Lipinski definition) is 4. The number of benzene rings is 2. The molecule has 1 unspecified atom stereocenters. The highest BCUT2D eigenvalue weighted by Gasteiger charge is 2.14. The van der Waals surface area contributed by atoms with E-state index >= 15 is 0 Å². The fourth-order valence-electron chi connectivity index (χ4n) is 2.61. The molecule has 2 aromatic carbocycles. The van der Waals surface area contributed by atoms with Crippen molar-refractivity contribution in [1.29, 1.82) is 0 Å². The molecule has 0 amide bonds. The number of aromatic carboxylic acids is 1. The Balaban J connectivity index is 2.02. The van der Waals surface area contributed by atoms with E-state index < -0.39 is 12.1 Å². The predicted molar refractivity (Wildman–Crippen MR) is 101 cm³/mol. The number of hydrogen-bond acceptors (Lipinski definition) is 5. The van der Waals surface area contributed by atoms with Gasteiger partial charge in [0, 0.05) is 28.2 Å².